The molecule has 2 atom stereocenters. The molecule has 2 unspecified atom stereocenters. The number of carboxylic acid groups (broad SMARTS) is 1. The molecule has 2 aliphatic heterocycles. The Morgan fingerprint density at radius 1 is 1.31 bits per heavy atom. The Kier molecular flexibility index (Phi) is 5.67. The Morgan fingerprint density at radius 2 is 2.09 bits per heavy atom. The highest BCUT2D eigenvalue weighted by molar-refractivity contribution is 6.07. The third-order valence-corrected chi connectivity index (χ3v) is 5.97. The van der Waals surface area contributed by atoms with Gasteiger partial charge < -0.3 is 15.3 Å². The molecule has 10 nitrogen and oxygen atoms in total. The minimum absolute atomic E-state index is 0.0748. The van der Waals surface area contributed by atoms with E-state index in [2.05, 4.69) is 20.6 Å². The lowest BCUT2D eigenvalue weighted by molar-refractivity contribution is -0.133. The molecule has 3 aromatic rings. The van der Waals surface area contributed by atoms with Crippen LogP contribution in [-0.4, -0.2) is 50.1 Å². The van der Waals surface area contributed by atoms with E-state index in [1.807, 2.05) is 36.4 Å². The molecule has 164 valence electrons. The second-order valence-electron chi connectivity index (χ2n) is 7.58. The van der Waals surface area contributed by atoms with Crippen molar-refractivity contribution in [3.63, 3.8) is 0 Å². The van der Waals surface area contributed by atoms with Gasteiger partial charge in [0.2, 0.25) is 11.8 Å². The molecule has 1 fully saturated rings. The molecule has 1 aromatic carbocycles. The highest BCUT2D eigenvalue weighted by Crippen LogP contribution is 2.54. The highest BCUT2D eigenvalue weighted by atomic mass is 16.6. The van der Waals surface area contributed by atoms with E-state index in [1.165, 1.54) is 0 Å². The Balaban J connectivity index is 0.000000775. The van der Waals surface area contributed by atoms with Crippen LogP contribution in [0.1, 0.15) is 35.0 Å². The minimum atomic E-state index is -0.841. The zero-order valence-corrected chi connectivity index (χ0v) is 17.3. The monoisotopic (exact) mass is 435 g/mol. The fraction of sp³-hybridized carbons (Fsp3) is 0.273. The van der Waals surface area contributed by atoms with Gasteiger partial charge in [0.05, 0.1) is 12.5 Å². The number of nitrogens with one attached hydrogen (secondary N) is 1. The molecule has 1 spiro atoms. The first-order valence-corrected chi connectivity index (χ1v) is 9.99. The van der Waals surface area contributed by atoms with Crippen molar-refractivity contribution in [2.24, 2.45) is 0 Å². The molecule has 1 saturated heterocycles. The van der Waals surface area contributed by atoms with E-state index in [4.69, 9.17) is 14.5 Å². The SMILES string of the molecule is Cc1nonc1CC(=O)N1CCC2(C(=O)Nc3ccccc32)C1c1cccnc1.O=CO. The number of benzene rings is 1. The van der Waals surface area contributed by atoms with Crippen molar-refractivity contribution in [2.75, 3.05) is 11.9 Å². The predicted molar refractivity (Wildman–Crippen MR) is 111 cm³/mol. The normalized spacial score (nSPS) is 21.0. The van der Waals surface area contributed by atoms with Gasteiger partial charge in [0.15, 0.2) is 0 Å². The Bertz CT molecular complexity index is 1150. The maximum Gasteiger partial charge on any atom is 0.290 e. The molecule has 5 rings (SSSR count). The average molecular weight is 435 g/mol. The van der Waals surface area contributed by atoms with E-state index in [0.717, 1.165) is 16.8 Å². The van der Waals surface area contributed by atoms with Crippen molar-refractivity contribution in [1.82, 2.24) is 20.2 Å². The van der Waals surface area contributed by atoms with Gasteiger partial charge in [0.25, 0.3) is 6.47 Å². The van der Waals surface area contributed by atoms with E-state index in [9.17, 15) is 9.59 Å². The number of rotatable bonds is 3. The molecule has 2 amide bonds. The number of para-hydroxylation sites is 1. The van der Waals surface area contributed by atoms with E-state index in [-0.39, 0.29) is 24.7 Å². The van der Waals surface area contributed by atoms with Gasteiger partial charge in [-0.3, -0.25) is 19.4 Å². The fourth-order valence-corrected chi connectivity index (χ4v) is 4.61. The third-order valence-electron chi connectivity index (χ3n) is 5.97. The first kappa shape index (κ1) is 21.2. The summed E-state index contributed by atoms with van der Waals surface area (Å²) in [4.78, 5) is 40.9. The van der Waals surface area contributed by atoms with Crippen molar-refractivity contribution in [3.05, 3.63) is 71.3 Å². The summed E-state index contributed by atoms with van der Waals surface area (Å²) in [7, 11) is 0. The molecule has 2 aliphatic rings. The van der Waals surface area contributed by atoms with Crippen LogP contribution in [0.2, 0.25) is 0 Å². The molecule has 4 heterocycles. The van der Waals surface area contributed by atoms with Crippen molar-refractivity contribution in [2.45, 2.75) is 31.2 Å². The zero-order chi connectivity index (χ0) is 22.7. The van der Waals surface area contributed by atoms with Crippen LogP contribution in [-0.2, 0) is 26.2 Å². The van der Waals surface area contributed by atoms with Crippen LogP contribution in [0.15, 0.2) is 53.4 Å². The number of amides is 2. The maximum atomic E-state index is 13.3. The largest absolute Gasteiger partial charge is 0.483 e. The van der Waals surface area contributed by atoms with Crippen molar-refractivity contribution in [1.29, 1.82) is 0 Å². The molecule has 2 N–H and O–H groups in total. The second kappa shape index (κ2) is 8.58. The molecule has 0 saturated carbocycles. The number of hydrogen-bond acceptors (Lipinski definition) is 7. The Hall–Kier alpha value is -4.08. The van der Waals surface area contributed by atoms with E-state index >= 15 is 0 Å². The second-order valence-corrected chi connectivity index (χ2v) is 7.58. The molecular formula is C22H21N5O5. The number of hydrogen-bond donors (Lipinski definition) is 2. The lowest BCUT2D eigenvalue weighted by atomic mass is 9.73. The van der Waals surface area contributed by atoms with Crippen LogP contribution in [0.3, 0.4) is 0 Å². The Morgan fingerprint density at radius 3 is 2.78 bits per heavy atom. The number of carbonyl (C=O) groups is 3. The van der Waals surface area contributed by atoms with E-state index in [1.54, 1.807) is 24.2 Å². The topological polar surface area (TPSA) is 139 Å². The van der Waals surface area contributed by atoms with Crippen molar-refractivity contribution in [3.8, 4) is 0 Å². The van der Waals surface area contributed by atoms with Gasteiger partial charge in [0.1, 0.15) is 16.8 Å². The summed E-state index contributed by atoms with van der Waals surface area (Å²) in [5.41, 5.74) is 2.82. The van der Waals surface area contributed by atoms with Crippen molar-refractivity contribution < 1.29 is 24.1 Å². The summed E-state index contributed by atoms with van der Waals surface area (Å²) >= 11 is 0. The fourth-order valence-electron chi connectivity index (χ4n) is 4.61. The highest BCUT2D eigenvalue weighted by Gasteiger charge is 2.59. The first-order valence-electron chi connectivity index (χ1n) is 9.99. The number of aryl methyl sites for hydroxylation is 1. The minimum Gasteiger partial charge on any atom is -0.483 e. The number of fused-ring (bicyclic) bond motifs is 2. The molecule has 2 aromatic heterocycles. The van der Waals surface area contributed by atoms with Gasteiger partial charge >= 0.3 is 0 Å². The van der Waals surface area contributed by atoms with Gasteiger partial charge in [-0.15, -0.1) is 0 Å². The lowest BCUT2D eigenvalue weighted by Gasteiger charge is -2.34. The quantitative estimate of drug-likeness (QED) is 0.595. The third kappa shape index (κ3) is 3.39. The van der Waals surface area contributed by atoms with Gasteiger partial charge in [0, 0.05) is 24.6 Å². The molecule has 10 heteroatoms. The predicted octanol–water partition coefficient (Wildman–Crippen LogP) is 1.88. The molecule has 0 radical (unpaired) electrons. The number of anilines is 1. The average Bonchev–Trinajstić information content (AvgIpc) is 3.47. The summed E-state index contributed by atoms with van der Waals surface area (Å²) in [5, 5.41) is 17.5. The number of pyridine rings is 1. The molecule has 32 heavy (non-hydrogen) atoms. The number of carbonyl (C=O) groups excluding carboxylic acids is 2. The molecule has 0 aliphatic carbocycles. The van der Waals surface area contributed by atoms with Crippen LogP contribution in [0.25, 0.3) is 0 Å². The van der Waals surface area contributed by atoms with Gasteiger partial charge in [-0.2, -0.15) is 0 Å². The van der Waals surface area contributed by atoms with Gasteiger partial charge in [-0.05, 0) is 36.6 Å². The van der Waals surface area contributed by atoms with E-state index in [0.29, 0.717) is 24.4 Å². The van der Waals surface area contributed by atoms with Crippen molar-refractivity contribution >= 4 is 24.0 Å². The first-order chi connectivity index (χ1) is 15.5. The number of nitrogens with zero attached hydrogens (tertiary/aromatic N) is 4. The van der Waals surface area contributed by atoms with E-state index < -0.39 is 11.5 Å². The van der Waals surface area contributed by atoms with Crippen LogP contribution in [0, 0.1) is 6.92 Å². The summed E-state index contributed by atoms with van der Waals surface area (Å²) in [6.45, 7) is 1.97. The smallest absolute Gasteiger partial charge is 0.290 e. The van der Waals surface area contributed by atoms with Gasteiger partial charge in [-0.25, -0.2) is 4.63 Å². The Labute approximate surface area is 183 Å². The summed E-state index contributed by atoms with van der Waals surface area (Å²) in [6.07, 6.45) is 4.03. The lowest BCUT2D eigenvalue weighted by Crippen LogP contribution is -2.43. The standard InChI is InChI=1S/C21H19N5O3.CH2O2/c1-13-17(25-29-24-13)11-18(27)26-10-8-21(19(26)14-5-4-9-22-12-14)15-6-2-3-7-16(15)23-20(21)28;2-1-3/h2-7,9,12,19H,8,10-11H2,1H3,(H,23,28);1H,(H,2,3). The maximum absolute atomic E-state index is 13.3. The number of aromatic nitrogens is 3. The molecule has 0 bridgehead atoms. The summed E-state index contributed by atoms with van der Waals surface area (Å²) in [6, 6.07) is 11.0. The van der Waals surface area contributed by atoms with Crippen LogP contribution in [0.5, 0.6) is 0 Å². The van der Waals surface area contributed by atoms with Gasteiger partial charge in [-0.1, -0.05) is 34.6 Å². The molecular weight excluding hydrogens is 414 g/mol. The zero-order valence-electron chi connectivity index (χ0n) is 17.3. The summed E-state index contributed by atoms with van der Waals surface area (Å²) in [5.74, 6) is -0.200. The van der Waals surface area contributed by atoms with Crippen LogP contribution >= 0.6 is 0 Å². The number of likely N-dealkylation sites (tertiary alicyclic amines) is 1. The van der Waals surface area contributed by atoms with Crippen LogP contribution < -0.4 is 5.32 Å². The summed E-state index contributed by atoms with van der Waals surface area (Å²) < 4.78 is 4.73. The van der Waals surface area contributed by atoms with Crippen LogP contribution in [0.4, 0.5) is 5.69 Å².